The minimum atomic E-state index is 0.502. The fourth-order valence-corrected chi connectivity index (χ4v) is 4.45. The summed E-state index contributed by atoms with van der Waals surface area (Å²) in [4.78, 5) is 12.1. The minimum Gasteiger partial charge on any atom is -0.497 e. The molecular formula is C28H31N5O2. The molecule has 1 aliphatic heterocycles. The van der Waals surface area contributed by atoms with E-state index in [1.165, 1.54) is 37.9 Å². The molecule has 0 amide bonds. The van der Waals surface area contributed by atoms with Crippen molar-refractivity contribution in [3.63, 3.8) is 0 Å². The number of anilines is 4. The van der Waals surface area contributed by atoms with E-state index in [0.29, 0.717) is 17.5 Å². The van der Waals surface area contributed by atoms with Crippen LogP contribution in [-0.4, -0.2) is 42.2 Å². The second kappa shape index (κ2) is 10.6. The zero-order chi connectivity index (χ0) is 24.0. The van der Waals surface area contributed by atoms with E-state index in [-0.39, 0.29) is 0 Å². The topological polar surface area (TPSA) is 71.5 Å². The molecule has 0 bridgehead atoms. The van der Waals surface area contributed by atoms with E-state index < -0.39 is 0 Å². The van der Waals surface area contributed by atoms with Gasteiger partial charge in [0, 0.05) is 23.3 Å². The zero-order valence-corrected chi connectivity index (χ0v) is 20.3. The molecule has 35 heavy (non-hydrogen) atoms. The number of hydrogen-bond acceptors (Lipinski definition) is 7. The van der Waals surface area contributed by atoms with Crippen LogP contribution in [0.5, 0.6) is 11.5 Å². The lowest BCUT2D eigenvalue weighted by atomic mass is 10.1. The van der Waals surface area contributed by atoms with Crippen LogP contribution in [0.15, 0.2) is 66.7 Å². The van der Waals surface area contributed by atoms with Crippen molar-refractivity contribution < 1.29 is 9.47 Å². The Morgan fingerprint density at radius 2 is 1.49 bits per heavy atom. The number of likely N-dealkylation sites (tertiary alicyclic amines) is 1. The monoisotopic (exact) mass is 469 g/mol. The van der Waals surface area contributed by atoms with Gasteiger partial charge < -0.3 is 20.1 Å². The SMILES string of the molecule is COc1ccc(Nc2nc(Nc3ccc(CN4CCCCC4)cc3)nc3c(OC)cccc23)cc1. The lowest BCUT2D eigenvalue weighted by Gasteiger charge is -2.26. The molecule has 0 spiro atoms. The summed E-state index contributed by atoms with van der Waals surface area (Å²) in [5, 5.41) is 7.67. The van der Waals surface area contributed by atoms with Crippen LogP contribution in [0.4, 0.5) is 23.1 Å². The molecule has 0 radical (unpaired) electrons. The standard InChI is InChI=1S/C28H31N5O2/c1-34-23-15-13-21(14-16-23)29-27-24-7-6-8-25(35-2)26(24)31-28(32-27)30-22-11-9-20(10-12-22)19-33-17-4-3-5-18-33/h6-16H,3-5,17-19H2,1-2H3,(H2,29,30,31,32). The summed E-state index contributed by atoms with van der Waals surface area (Å²) in [6.07, 6.45) is 3.95. The highest BCUT2D eigenvalue weighted by Crippen LogP contribution is 2.32. The van der Waals surface area contributed by atoms with Gasteiger partial charge >= 0.3 is 0 Å². The third kappa shape index (κ3) is 5.46. The molecule has 7 nitrogen and oxygen atoms in total. The van der Waals surface area contributed by atoms with Crippen molar-refractivity contribution in [3.05, 3.63) is 72.3 Å². The van der Waals surface area contributed by atoms with Gasteiger partial charge in [-0.2, -0.15) is 4.98 Å². The molecule has 0 aliphatic carbocycles. The summed E-state index contributed by atoms with van der Waals surface area (Å²) >= 11 is 0. The van der Waals surface area contributed by atoms with Crippen LogP contribution in [0.3, 0.4) is 0 Å². The van der Waals surface area contributed by atoms with E-state index in [0.717, 1.165) is 34.6 Å². The van der Waals surface area contributed by atoms with Gasteiger partial charge in [0.05, 0.1) is 14.2 Å². The van der Waals surface area contributed by atoms with E-state index in [1.807, 2.05) is 42.5 Å². The summed E-state index contributed by atoms with van der Waals surface area (Å²) in [5.74, 6) is 2.70. The van der Waals surface area contributed by atoms with Crippen molar-refractivity contribution in [2.45, 2.75) is 25.8 Å². The van der Waals surface area contributed by atoms with E-state index in [4.69, 9.17) is 19.4 Å². The molecule has 1 saturated heterocycles. The molecule has 1 aliphatic rings. The van der Waals surface area contributed by atoms with E-state index in [1.54, 1.807) is 14.2 Å². The maximum absolute atomic E-state index is 5.59. The van der Waals surface area contributed by atoms with Gasteiger partial charge in [0.15, 0.2) is 0 Å². The molecule has 180 valence electrons. The summed E-state index contributed by atoms with van der Waals surface area (Å²) in [6, 6.07) is 22.1. The van der Waals surface area contributed by atoms with E-state index in [2.05, 4.69) is 39.8 Å². The van der Waals surface area contributed by atoms with Crippen molar-refractivity contribution >= 4 is 34.0 Å². The van der Waals surface area contributed by atoms with Crippen molar-refractivity contribution in [2.75, 3.05) is 37.9 Å². The maximum atomic E-state index is 5.59. The number of ether oxygens (including phenoxy) is 2. The van der Waals surface area contributed by atoms with Crippen LogP contribution < -0.4 is 20.1 Å². The van der Waals surface area contributed by atoms with Gasteiger partial charge in [-0.05, 0) is 80.0 Å². The van der Waals surface area contributed by atoms with Crippen molar-refractivity contribution in [1.29, 1.82) is 0 Å². The fraction of sp³-hybridized carbons (Fsp3) is 0.286. The Morgan fingerprint density at radius 3 is 2.20 bits per heavy atom. The second-order valence-corrected chi connectivity index (χ2v) is 8.76. The summed E-state index contributed by atoms with van der Waals surface area (Å²) < 4.78 is 10.9. The maximum Gasteiger partial charge on any atom is 0.229 e. The van der Waals surface area contributed by atoms with Crippen LogP contribution in [0, 0.1) is 0 Å². The predicted octanol–water partition coefficient (Wildman–Crippen LogP) is 6.12. The minimum absolute atomic E-state index is 0.502. The quantitative estimate of drug-likeness (QED) is 0.322. The Labute approximate surface area is 206 Å². The first-order valence-electron chi connectivity index (χ1n) is 12.1. The highest BCUT2D eigenvalue weighted by molar-refractivity contribution is 5.95. The summed E-state index contributed by atoms with van der Waals surface area (Å²) in [6.45, 7) is 3.38. The number of methoxy groups -OCH3 is 2. The highest BCUT2D eigenvalue weighted by Gasteiger charge is 2.13. The van der Waals surface area contributed by atoms with Crippen LogP contribution >= 0.6 is 0 Å². The number of piperidine rings is 1. The molecule has 0 saturated carbocycles. The lowest BCUT2D eigenvalue weighted by Crippen LogP contribution is -2.29. The van der Waals surface area contributed by atoms with Crippen molar-refractivity contribution in [3.8, 4) is 11.5 Å². The summed E-state index contributed by atoms with van der Waals surface area (Å²) in [5.41, 5.74) is 3.91. The van der Waals surface area contributed by atoms with Crippen molar-refractivity contribution in [2.24, 2.45) is 0 Å². The number of nitrogens with zero attached hydrogens (tertiary/aromatic N) is 3. The molecule has 1 aromatic heterocycles. The Hall–Kier alpha value is -3.84. The number of fused-ring (bicyclic) bond motifs is 1. The third-order valence-electron chi connectivity index (χ3n) is 6.33. The van der Waals surface area contributed by atoms with E-state index >= 15 is 0 Å². The average molecular weight is 470 g/mol. The Balaban J connectivity index is 1.41. The molecular weight excluding hydrogens is 438 g/mol. The molecule has 0 atom stereocenters. The molecule has 0 unspecified atom stereocenters. The van der Waals surface area contributed by atoms with Crippen LogP contribution in [0.25, 0.3) is 10.9 Å². The Morgan fingerprint density at radius 1 is 0.771 bits per heavy atom. The Kier molecular flexibility index (Phi) is 6.95. The van der Waals surface area contributed by atoms with Crippen LogP contribution in [0.2, 0.25) is 0 Å². The molecule has 7 heteroatoms. The highest BCUT2D eigenvalue weighted by atomic mass is 16.5. The molecule has 2 N–H and O–H groups in total. The summed E-state index contributed by atoms with van der Waals surface area (Å²) in [7, 11) is 3.31. The zero-order valence-electron chi connectivity index (χ0n) is 20.3. The molecule has 5 rings (SSSR count). The van der Waals surface area contributed by atoms with Gasteiger partial charge in [-0.25, -0.2) is 4.98 Å². The number of aromatic nitrogens is 2. The van der Waals surface area contributed by atoms with E-state index in [9.17, 15) is 0 Å². The van der Waals surface area contributed by atoms with Crippen LogP contribution in [0.1, 0.15) is 24.8 Å². The molecule has 2 heterocycles. The number of para-hydroxylation sites is 1. The van der Waals surface area contributed by atoms with Crippen molar-refractivity contribution in [1.82, 2.24) is 14.9 Å². The van der Waals surface area contributed by atoms with Gasteiger partial charge in [0.1, 0.15) is 22.8 Å². The normalized spacial score (nSPS) is 14.0. The lowest BCUT2D eigenvalue weighted by molar-refractivity contribution is 0.221. The predicted molar refractivity (Wildman–Crippen MR) is 141 cm³/mol. The van der Waals surface area contributed by atoms with Gasteiger partial charge in [-0.1, -0.05) is 24.6 Å². The van der Waals surface area contributed by atoms with Crippen LogP contribution in [-0.2, 0) is 6.54 Å². The average Bonchev–Trinajstić information content (AvgIpc) is 2.90. The second-order valence-electron chi connectivity index (χ2n) is 8.76. The number of benzene rings is 3. The number of rotatable bonds is 8. The first-order chi connectivity index (χ1) is 17.2. The Bertz CT molecular complexity index is 1270. The van der Waals surface area contributed by atoms with Gasteiger partial charge in [-0.3, -0.25) is 4.90 Å². The molecule has 1 fully saturated rings. The third-order valence-corrected chi connectivity index (χ3v) is 6.33. The largest absolute Gasteiger partial charge is 0.497 e. The first kappa shape index (κ1) is 22.9. The molecule has 3 aromatic carbocycles. The number of nitrogens with one attached hydrogen (secondary N) is 2. The fourth-order valence-electron chi connectivity index (χ4n) is 4.45. The first-order valence-corrected chi connectivity index (χ1v) is 12.1. The smallest absolute Gasteiger partial charge is 0.229 e. The van der Waals surface area contributed by atoms with Gasteiger partial charge in [0.25, 0.3) is 0 Å². The van der Waals surface area contributed by atoms with Gasteiger partial charge in [-0.15, -0.1) is 0 Å². The molecule has 4 aromatic rings. The van der Waals surface area contributed by atoms with Gasteiger partial charge in [0.2, 0.25) is 5.95 Å². The number of hydrogen-bond donors (Lipinski definition) is 2.